The summed E-state index contributed by atoms with van der Waals surface area (Å²) in [5.74, 6) is 0.705. The fraction of sp³-hybridized carbons (Fsp3) is 0.571. The lowest BCUT2D eigenvalue weighted by molar-refractivity contribution is 0.111. The maximum Gasteiger partial charge on any atom is 0.224 e. The minimum absolute atomic E-state index is 0.164. The molecule has 0 spiro atoms. The van der Waals surface area contributed by atoms with Crippen molar-refractivity contribution in [2.24, 2.45) is 0 Å². The van der Waals surface area contributed by atoms with Crippen LogP contribution in [0.4, 0.5) is 5.95 Å². The van der Waals surface area contributed by atoms with E-state index in [4.69, 9.17) is 4.98 Å². The van der Waals surface area contributed by atoms with Gasteiger partial charge in [0.15, 0.2) is 0 Å². The molecule has 2 aromatic heterocycles. The molecule has 2 N–H and O–H groups in total. The highest BCUT2D eigenvalue weighted by molar-refractivity contribution is 5.94. The number of nitrogens with zero attached hydrogens (tertiary/aromatic N) is 4. The smallest absolute Gasteiger partial charge is 0.224 e. The Labute approximate surface area is 203 Å². The summed E-state index contributed by atoms with van der Waals surface area (Å²) in [6.45, 7) is 7.87. The number of likely N-dealkylation sites (tertiary alicyclic amines) is 1. The van der Waals surface area contributed by atoms with Crippen LogP contribution >= 0.6 is 0 Å². The lowest BCUT2D eigenvalue weighted by Crippen LogP contribution is -2.21. The van der Waals surface area contributed by atoms with Gasteiger partial charge in [-0.15, -0.1) is 0 Å². The summed E-state index contributed by atoms with van der Waals surface area (Å²) in [5.41, 5.74) is 4.79. The van der Waals surface area contributed by atoms with Gasteiger partial charge in [0.1, 0.15) is 5.65 Å². The van der Waals surface area contributed by atoms with E-state index in [9.17, 15) is 5.11 Å². The van der Waals surface area contributed by atoms with Crippen molar-refractivity contribution >= 4 is 17.0 Å². The van der Waals surface area contributed by atoms with Crippen molar-refractivity contribution < 1.29 is 5.11 Å². The van der Waals surface area contributed by atoms with Gasteiger partial charge in [-0.2, -0.15) is 4.98 Å². The van der Waals surface area contributed by atoms with Crippen molar-refractivity contribution in [1.29, 1.82) is 0 Å². The monoisotopic (exact) mass is 461 g/mol. The van der Waals surface area contributed by atoms with Crippen molar-refractivity contribution in [2.45, 2.75) is 89.9 Å². The van der Waals surface area contributed by atoms with Crippen molar-refractivity contribution in [1.82, 2.24) is 19.4 Å². The van der Waals surface area contributed by atoms with E-state index in [0.29, 0.717) is 18.0 Å². The molecule has 2 aliphatic rings. The second-order valence-corrected chi connectivity index (χ2v) is 10.4. The molecular formula is C28H39N5O. The number of hydrogen-bond acceptors (Lipinski definition) is 5. The third kappa shape index (κ3) is 5.13. The predicted octanol–water partition coefficient (Wildman–Crippen LogP) is 5.77. The van der Waals surface area contributed by atoms with Crippen molar-refractivity contribution in [3.8, 4) is 11.1 Å². The van der Waals surface area contributed by atoms with Gasteiger partial charge < -0.3 is 15.0 Å². The zero-order valence-corrected chi connectivity index (χ0v) is 20.7. The first-order valence-corrected chi connectivity index (χ1v) is 13.2. The molecule has 2 fully saturated rings. The molecule has 3 aromatic rings. The highest BCUT2D eigenvalue weighted by atomic mass is 16.3. The van der Waals surface area contributed by atoms with Gasteiger partial charge in [0.25, 0.3) is 0 Å². The Bertz CT molecular complexity index is 1080. The first-order valence-electron chi connectivity index (χ1n) is 13.2. The molecule has 6 heteroatoms. The average molecular weight is 462 g/mol. The lowest BCUT2D eigenvalue weighted by atomic mass is 9.93. The molecule has 182 valence electrons. The Kier molecular flexibility index (Phi) is 7.16. The molecule has 5 rings (SSSR count). The summed E-state index contributed by atoms with van der Waals surface area (Å²) in [5, 5.41) is 14.6. The second kappa shape index (κ2) is 10.4. The van der Waals surface area contributed by atoms with E-state index in [1.807, 2.05) is 6.20 Å². The number of fused-ring (bicyclic) bond motifs is 1. The molecular weight excluding hydrogens is 422 g/mol. The molecule has 1 saturated heterocycles. The first kappa shape index (κ1) is 23.3. The lowest BCUT2D eigenvalue weighted by Gasteiger charge is -2.27. The molecule has 1 unspecified atom stereocenters. The summed E-state index contributed by atoms with van der Waals surface area (Å²) >= 11 is 0. The number of aliphatic hydroxyl groups excluding tert-OH is 1. The zero-order chi connectivity index (χ0) is 23.5. The first-order chi connectivity index (χ1) is 16.6. The summed E-state index contributed by atoms with van der Waals surface area (Å²) in [4.78, 5) is 12.2. The summed E-state index contributed by atoms with van der Waals surface area (Å²) in [6, 6.07) is 9.77. The van der Waals surface area contributed by atoms with Crippen LogP contribution in [0.25, 0.3) is 22.2 Å². The van der Waals surface area contributed by atoms with Gasteiger partial charge in [0, 0.05) is 42.0 Å². The standard InChI is InChI=1S/C28H39N5O/c1-3-6-20(2)30-28-29-17-25-26(19-33(27(25)31-28)23-11-13-24(34)14-12-23)22-9-7-21(8-10-22)18-32-15-4-5-16-32/h7-10,17,19-20,23-24,34H,3-6,11-16,18H2,1-2H3,(H,29,30,31). The predicted molar refractivity (Wildman–Crippen MR) is 139 cm³/mol. The second-order valence-electron chi connectivity index (χ2n) is 10.4. The maximum atomic E-state index is 10.0. The molecule has 1 atom stereocenters. The van der Waals surface area contributed by atoms with Crippen LogP contribution in [0.3, 0.4) is 0 Å². The van der Waals surface area contributed by atoms with Gasteiger partial charge in [-0.3, -0.25) is 4.90 Å². The van der Waals surface area contributed by atoms with E-state index in [0.717, 1.165) is 56.1 Å². The molecule has 34 heavy (non-hydrogen) atoms. The molecule has 3 heterocycles. The SMILES string of the molecule is CCCC(C)Nc1ncc2c(-c3ccc(CN4CCCC4)cc3)cn(C3CCC(O)CC3)c2n1. The molecule has 1 aliphatic carbocycles. The Morgan fingerprint density at radius 3 is 2.53 bits per heavy atom. The molecule has 0 radical (unpaired) electrons. The van der Waals surface area contributed by atoms with Crippen LogP contribution in [0.1, 0.15) is 76.8 Å². The Balaban J connectivity index is 1.47. The number of aromatic nitrogens is 3. The third-order valence-electron chi connectivity index (χ3n) is 7.60. The Morgan fingerprint density at radius 1 is 1.09 bits per heavy atom. The molecule has 1 aromatic carbocycles. The van der Waals surface area contributed by atoms with E-state index in [2.05, 4.69) is 64.1 Å². The molecule has 0 bridgehead atoms. The summed E-state index contributed by atoms with van der Waals surface area (Å²) in [6.07, 6.45) is 12.7. The van der Waals surface area contributed by atoms with Crippen LogP contribution in [0, 0.1) is 0 Å². The fourth-order valence-corrected chi connectivity index (χ4v) is 5.66. The van der Waals surface area contributed by atoms with Crippen LogP contribution in [0.15, 0.2) is 36.7 Å². The number of hydrogen-bond donors (Lipinski definition) is 2. The zero-order valence-electron chi connectivity index (χ0n) is 20.7. The highest BCUT2D eigenvalue weighted by Crippen LogP contribution is 2.37. The van der Waals surface area contributed by atoms with Crippen LogP contribution in [-0.4, -0.2) is 49.8 Å². The number of benzene rings is 1. The quantitative estimate of drug-likeness (QED) is 0.446. The van der Waals surface area contributed by atoms with Gasteiger partial charge in [-0.1, -0.05) is 37.6 Å². The number of rotatable bonds is 8. The van der Waals surface area contributed by atoms with Crippen LogP contribution in [0.2, 0.25) is 0 Å². The normalized spacial score (nSPS) is 22.3. The van der Waals surface area contributed by atoms with E-state index < -0.39 is 0 Å². The van der Waals surface area contributed by atoms with Gasteiger partial charge >= 0.3 is 0 Å². The summed E-state index contributed by atoms with van der Waals surface area (Å²) in [7, 11) is 0. The van der Waals surface area contributed by atoms with Crippen LogP contribution in [-0.2, 0) is 6.54 Å². The van der Waals surface area contributed by atoms with Crippen LogP contribution < -0.4 is 5.32 Å². The molecule has 6 nitrogen and oxygen atoms in total. The molecule has 1 aliphatic heterocycles. The van der Waals surface area contributed by atoms with Gasteiger partial charge in [-0.25, -0.2) is 4.98 Å². The topological polar surface area (TPSA) is 66.2 Å². The minimum Gasteiger partial charge on any atom is -0.393 e. The minimum atomic E-state index is -0.164. The maximum absolute atomic E-state index is 10.0. The van der Waals surface area contributed by atoms with Crippen molar-refractivity contribution in [2.75, 3.05) is 18.4 Å². The Hall–Kier alpha value is -2.44. The largest absolute Gasteiger partial charge is 0.393 e. The average Bonchev–Trinajstić information content (AvgIpc) is 3.48. The number of nitrogens with one attached hydrogen (secondary N) is 1. The Morgan fingerprint density at radius 2 is 1.82 bits per heavy atom. The molecule has 1 saturated carbocycles. The number of aliphatic hydroxyl groups is 1. The van der Waals surface area contributed by atoms with E-state index in [1.54, 1.807) is 0 Å². The van der Waals surface area contributed by atoms with Gasteiger partial charge in [-0.05, 0) is 76.1 Å². The summed E-state index contributed by atoms with van der Waals surface area (Å²) < 4.78 is 2.35. The van der Waals surface area contributed by atoms with Crippen molar-refractivity contribution in [3.05, 3.63) is 42.2 Å². The highest BCUT2D eigenvalue weighted by Gasteiger charge is 2.24. The molecule has 0 amide bonds. The van der Waals surface area contributed by atoms with Gasteiger partial charge in [0.2, 0.25) is 5.95 Å². The van der Waals surface area contributed by atoms with E-state index >= 15 is 0 Å². The fourth-order valence-electron chi connectivity index (χ4n) is 5.66. The van der Waals surface area contributed by atoms with Gasteiger partial charge in [0.05, 0.1) is 6.10 Å². The number of anilines is 1. The third-order valence-corrected chi connectivity index (χ3v) is 7.60. The van der Waals surface area contributed by atoms with E-state index in [1.165, 1.54) is 42.6 Å². The van der Waals surface area contributed by atoms with Crippen LogP contribution in [0.5, 0.6) is 0 Å². The van der Waals surface area contributed by atoms with Crippen molar-refractivity contribution in [3.63, 3.8) is 0 Å². The van der Waals surface area contributed by atoms with E-state index in [-0.39, 0.29) is 6.10 Å².